The Balaban J connectivity index is 0.808. The molecule has 1 saturated heterocycles. The molecule has 7 rings (SSSR count). The number of anilines is 3. The van der Waals surface area contributed by atoms with E-state index in [4.69, 9.17) is 5.73 Å². The van der Waals surface area contributed by atoms with Gasteiger partial charge in [-0.1, -0.05) is 36.8 Å². The number of piperidine rings is 1. The molecule has 2 aromatic carbocycles. The van der Waals surface area contributed by atoms with Crippen molar-refractivity contribution in [3.8, 4) is 17.1 Å². The molecule has 1 atom stereocenters. The fourth-order valence-corrected chi connectivity index (χ4v) is 6.97. The Bertz CT molecular complexity index is 1980. The van der Waals surface area contributed by atoms with E-state index in [2.05, 4.69) is 59.7 Å². The van der Waals surface area contributed by atoms with Crippen LogP contribution in [0.25, 0.3) is 17.1 Å². The van der Waals surface area contributed by atoms with Crippen molar-refractivity contribution in [2.45, 2.75) is 70.4 Å². The highest BCUT2D eigenvalue weighted by atomic mass is 16.2. The first kappa shape index (κ1) is 33.6. The van der Waals surface area contributed by atoms with E-state index < -0.39 is 11.9 Å². The highest BCUT2D eigenvalue weighted by Crippen LogP contribution is 2.33. The van der Waals surface area contributed by atoms with Crippen LogP contribution in [0, 0.1) is 0 Å². The maximum absolute atomic E-state index is 13.0. The zero-order valence-corrected chi connectivity index (χ0v) is 28.3. The third-order valence-electron chi connectivity index (χ3n) is 9.58. The van der Waals surface area contributed by atoms with Crippen molar-refractivity contribution >= 4 is 41.2 Å². The molecule has 4 aromatic rings. The lowest BCUT2D eigenvalue weighted by Gasteiger charge is -2.29. The van der Waals surface area contributed by atoms with Crippen molar-refractivity contribution in [2.24, 2.45) is 0 Å². The molecular formula is C36H41N11O4. The molecule has 1 aliphatic carbocycles. The number of aromatic nitrogens is 5. The average Bonchev–Trinajstić information content (AvgIpc) is 3.60. The molecule has 3 aliphatic rings. The summed E-state index contributed by atoms with van der Waals surface area (Å²) in [6, 6.07) is 15.2. The largest absolute Gasteiger partial charge is 0.385 e. The number of benzene rings is 2. The molecule has 0 radical (unpaired) electrons. The Hall–Kier alpha value is -5.86. The maximum atomic E-state index is 13.0. The van der Waals surface area contributed by atoms with E-state index >= 15 is 0 Å². The molecule has 0 saturated carbocycles. The number of nitrogens with one attached hydrogen (secondary N) is 4. The first-order valence-corrected chi connectivity index (χ1v) is 17.5. The Labute approximate surface area is 294 Å². The predicted molar refractivity (Wildman–Crippen MR) is 190 cm³/mol. The van der Waals surface area contributed by atoms with Crippen molar-refractivity contribution in [3.63, 3.8) is 0 Å². The summed E-state index contributed by atoms with van der Waals surface area (Å²) in [5.74, 6) is 0.0942. The number of nitrogens with two attached hydrogens (primary N) is 1. The van der Waals surface area contributed by atoms with E-state index in [9.17, 15) is 19.2 Å². The first-order chi connectivity index (χ1) is 24.9. The highest BCUT2D eigenvalue weighted by molar-refractivity contribution is 6.06. The van der Waals surface area contributed by atoms with Crippen LogP contribution >= 0.6 is 0 Å². The monoisotopic (exact) mass is 691 g/mol. The smallest absolute Gasteiger partial charge is 0.255 e. The summed E-state index contributed by atoms with van der Waals surface area (Å²) in [6.07, 6.45) is 6.31. The van der Waals surface area contributed by atoms with E-state index in [0.29, 0.717) is 56.4 Å². The normalized spacial score (nSPS) is 16.5. The number of hydrogen-bond donors (Lipinski definition) is 5. The van der Waals surface area contributed by atoms with Crippen LogP contribution in [0.5, 0.6) is 0 Å². The van der Waals surface area contributed by atoms with E-state index in [0.717, 1.165) is 66.6 Å². The van der Waals surface area contributed by atoms with E-state index in [1.165, 1.54) is 10.2 Å². The number of imide groups is 1. The van der Waals surface area contributed by atoms with Crippen molar-refractivity contribution < 1.29 is 19.2 Å². The van der Waals surface area contributed by atoms with Gasteiger partial charge in [-0.25, -0.2) is 0 Å². The molecule has 2 aliphatic heterocycles. The molecular weight excluding hydrogens is 650 g/mol. The fraction of sp³-hybridized carbons (Fsp3) is 0.389. The molecule has 15 nitrogen and oxygen atoms in total. The molecule has 1 fully saturated rings. The Morgan fingerprint density at radius 3 is 2.63 bits per heavy atom. The summed E-state index contributed by atoms with van der Waals surface area (Å²) in [5, 5.41) is 25.2. The summed E-state index contributed by atoms with van der Waals surface area (Å²) in [5.41, 5.74) is 12.9. The highest BCUT2D eigenvalue weighted by Gasteiger charge is 2.39. The van der Waals surface area contributed by atoms with Gasteiger partial charge in [-0.2, -0.15) is 9.67 Å². The molecule has 6 N–H and O–H groups in total. The molecule has 0 spiro atoms. The summed E-state index contributed by atoms with van der Waals surface area (Å²) >= 11 is 0. The van der Waals surface area contributed by atoms with Gasteiger partial charge in [-0.05, 0) is 67.9 Å². The van der Waals surface area contributed by atoms with E-state index in [-0.39, 0.29) is 30.1 Å². The molecule has 4 amide bonds. The van der Waals surface area contributed by atoms with Crippen molar-refractivity contribution in [3.05, 3.63) is 70.8 Å². The lowest BCUT2D eigenvalue weighted by atomic mass is 10.0. The van der Waals surface area contributed by atoms with Crippen molar-refractivity contribution in [1.29, 1.82) is 0 Å². The Kier molecular flexibility index (Phi) is 9.85. The minimum atomic E-state index is -0.642. The number of rotatable bonds is 13. The van der Waals surface area contributed by atoms with Crippen LogP contribution in [0.4, 0.5) is 17.6 Å². The number of fused-ring (bicyclic) bond motifs is 4. The van der Waals surface area contributed by atoms with Gasteiger partial charge in [-0.15, -0.1) is 15.3 Å². The third-order valence-corrected chi connectivity index (χ3v) is 9.58. The SMILES string of the molecule is Nc1nc(NCCNC(=O)CCCCCNc2cccc3c2CN(C2CCC(=O)NC2=O)C3=O)nn1-c1cc2c(nn1)-c1ccccc1CCC2. The molecule has 15 heteroatoms. The molecule has 2 aromatic heterocycles. The zero-order valence-electron chi connectivity index (χ0n) is 28.3. The maximum Gasteiger partial charge on any atom is 0.255 e. The van der Waals surface area contributed by atoms with Crippen molar-refractivity contribution in [1.82, 2.24) is 40.5 Å². The second-order valence-electron chi connectivity index (χ2n) is 13.0. The molecule has 51 heavy (non-hydrogen) atoms. The van der Waals surface area contributed by atoms with Crippen LogP contribution in [0.1, 0.15) is 72.0 Å². The second-order valence-corrected chi connectivity index (χ2v) is 13.0. The summed E-state index contributed by atoms with van der Waals surface area (Å²) in [4.78, 5) is 55.2. The lowest BCUT2D eigenvalue weighted by molar-refractivity contribution is -0.137. The fourth-order valence-electron chi connectivity index (χ4n) is 6.97. The molecule has 4 heterocycles. The number of aryl methyl sites for hydroxylation is 2. The van der Waals surface area contributed by atoms with E-state index in [1.807, 2.05) is 24.3 Å². The third kappa shape index (κ3) is 7.37. The number of carbonyl (C=O) groups excluding carboxylic acids is 4. The van der Waals surface area contributed by atoms with Gasteiger partial charge in [0.1, 0.15) is 6.04 Å². The van der Waals surface area contributed by atoms with Gasteiger partial charge in [0.25, 0.3) is 5.91 Å². The standard InChI is InChI=1S/C36H41N11O4/c37-35-42-36(45-47(35)29-20-23-10-6-9-22-8-3-4-11-24(22)32(23)44-43-29)40-19-18-39-30(48)14-2-1-5-17-38-27-13-7-12-25-26(27)21-46(34(25)51)28-15-16-31(49)41-33(28)50/h3-4,7-8,11-13,20,28,38H,1-2,5-6,9-10,14-19,21H2,(H,39,48)(H,41,49,50)(H3,37,40,42,45). The van der Waals surface area contributed by atoms with Gasteiger partial charge in [-0.3, -0.25) is 24.5 Å². The van der Waals surface area contributed by atoms with Crippen LogP contribution in [0.2, 0.25) is 0 Å². The molecule has 264 valence electrons. The Morgan fingerprint density at radius 2 is 1.75 bits per heavy atom. The lowest BCUT2D eigenvalue weighted by Crippen LogP contribution is -2.52. The summed E-state index contributed by atoms with van der Waals surface area (Å²) < 4.78 is 1.47. The zero-order chi connectivity index (χ0) is 35.3. The van der Waals surface area contributed by atoms with Gasteiger partial charge < -0.3 is 26.6 Å². The van der Waals surface area contributed by atoms with Gasteiger partial charge >= 0.3 is 0 Å². The number of unbranched alkanes of at least 4 members (excludes halogenated alkanes) is 2. The minimum absolute atomic E-state index is 0.0301. The second kappa shape index (κ2) is 14.9. The van der Waals surface area contributed by atoms with Crippen LogP contribution in [0.3, 0.4) is 0 Å². The number of nitrogens with zero attached hydrogens (tertiary/aromatic N) is 6. The molecule has 1 unspecified atom stereocenters. The van der Waals surface area contributed by atoms with Crippen LogP contribution in [-0.4, -0.2) is 79.2 Å². The number of hydrogen-bond acceptors (Lipinski definition) is 11. The first-order valence-electron chi connectivity index (χ1n) is 17.5. The van der Waals surface area contributed by atoms with Crippen LogP contribution in [0.15, 0.2) is 48.5 Å². The van der Waals surface area contributed by atoms with Gasteiger partial charge in [0.05, 0.1) is 5.69 Å². The minimum Gasteiger partial charge on any atom is -0.385 e. The summed E-state index contributed by atoms with van der Waals surface area (Å²) in [7, 11) is 0. The van der Waals surface area contributed by atoms with Gasteiger partial charge in [0.2, 0.25) is 29.6 Å². The topological polar surface area (TPSA) is 202 Å². The average molecular weight is 692 g/mol. The number of amides is 4. The van der Waals surface area contributed by atoms with Crippen LogP contribution < -0.4 is 27.0 Å². The van der Waals surface area contributed by atoms with Crippen molar-refractivity contribution in [2.75, 3.05) is 36.0 Å². The predicted octanol–water partition coefficient (Wildman–Crippen LogP) is 2.76. The molecule has 0 bridgehead atoms. The summed E-state index contributed by atoms with van der Waals surface area (Å²) in [6.45, 7) is 1.84. The number of carbonyl (C=O) groups is 4. The van der Waals surface area contributed by atoms with Gasteiger partial charge in [0, 0.05) is 61.4 Å². The van der Waals surface area contributed by atoms with Crippen LogP contribution in [-0.2, 0) is 33.8 Å². The Morgan fingerprint density at radius 1 is 0.902 bits per heavy atom. The quantitative estimate of drug-likeness (QED) is 0.102. The van der Waals surface area contributed by atoms with E-state index in [1.54, 1.807) is 11.0 Å². The van der Waals surface area contributed by atoms with Gasteiger partial charge in [0.15, 0.2) is 5.82 Å². The number of nitrogen functional groups attached to an aromatic ring is 1.